The molecule has 1 aliphatic heterocycles. The smallest absolute Gasteiger partial charge is 0.316 e. The standard InChI is InChI=1S/C33H38FN5O2/c1-20(2)19-41-30-8-6-7-22(5)31(30)39-32(23-9-12-25(13-10-23)36-33(35)40)27-18-38(16-15-28(27)37-39)29-14-11-24(34)17-26(29)21(3)4/h6-14,17,20-21H,15-16,18-19H2,1-5H3,(H3,35,36,40). The summed E-state index contributed by atoms with van der Waals surface area (Å²) in [5, 5.41) is 7.82. The van der Waals surface area contributed by atoms with E-state index in [1.165, 1.54) is 6.07 Å². The van der Waals surface area contributed by atoms with Gasteiger partial charge in [-0.2, -0.15) is 5.10 Å². The Morgan fingerprint density at radius 1 is 1.10 bits per heavy atom. The van der Waals surface area contributed by atoms with Gasteiger partial charge >= 0.3 is 6.03 Å². The quantitative estimate of drug-likeness (QED) is 0.241. The zero-order chi connectivity index (χ0) is 29.3. The van der Waals surface area contributed by atoms with Gasteiger partial charge in [-0.1, -0.05) is 52.0 Å². The second kappa shape index (κ2) is 11.6. The van der Waals surface area contributed by atoms with E-state index in [4.69, 9.17) is 15.6 Å². The van der Waals surface area contributed by atoms with E-state index in [0.29, 0.717) is 24.8 Å². The van der Waals surface area contributed by atoms with Crippen LogP contribution in [0.2, 0.25) is 0 Å². The first kappa shape index (κ1) is 28.2. The monoisotopic (exact) mass is 555 g/mol. The van der Waals surface area contributed by atoms with Crippen LogP contribution in [-0.2, 0) is 13.0 Å². The number of nitrogens with two attached hydrogens (primary N) is 1. The molecule has 0 saturated carbocycles. The molecule has 0 unspecified atom stereocenters. The van der Waals surface area contributed by atoms with Crippen molar-refractivity contribution in [2.24, 2.45) is 11.7 Å². The van der Waals surface area contributed by atoms with Crippen molar-refractivity contribution in [3.8, 4) is 22.7 Å². The number of aryl methyl sites for hydroxylation is 1. The van der Waals surface area contributed by atoms with E-state index in [0.717, 1.165) is 63.7 Å². The number of halogens is 1. The van der Waals surface area contributed by atoms with Crippen LogP contribution in [0.1, 0.15) is 56.0 Å². The van der Waals surface area contributed by atoms with Gasteiger partial charge in [0.05, 0.1) is 18.0 Å². The third kappa shape index (κ3) is 5.92. The van der Waals surface area contributed by atoms with Crippen molar-refractivity contribution in [2.75, 3.05) is 23.4 Å². The number of hydrogen-bond donors (Lipinski definition) is 2. The summed E-state index contributed by atoms with van der Waals surface area (Å²) in [5.74, 6) is 1.12. The van der Waals surface area contributed by atoms with Crippen LogP contribution in [0.5, 0.6) is 5.75 Å². The van der Waals surface area contributed by atoms with Gasteiger partial charge in [0.15, 0.2) is 0 Å². The molecule has 3 N–H and O–H groups in total. The molecule has 4 aromatic rings. The van der Waals surface area contributed by atoms with Gasteiger partial charge in [-0.05, 0) is 66.3 Å². The molecule has 2 amide bonds. The van der Waals surface area contributed by atoms with Crippen molar-refractivity contribution >= 4 is 17.4 Å². The number of carbonyl (C=O) groups excluding carboxylic acids is 1. The largest absolute Gasteiger partial charge is 0.491 e. The van der Waals surface area contributed by atoms with E-state index < -0.39 is 6.03 Å². The predicted molar refractivity (Wildman–Crippen MR) is 163 cm³/mol. The van der Waals surface area contributed by atoms with Crippen molar-refractivity contribution in [1.82, 2.24) is 9.78 Å². The first-order chi connectivity index (χ1) is 19.6. The molecule has 1 aliphatic rings. The van der Waals surface area contributed by atoms with E-state index in [2.05, 4.69) is 50.9 Å². The molecule has 0 radical (unpaired) electrons. The first-order valence-electron chi connectivity index (χ1n) is 14.2. The first-order valence-corrected chi connectivity index (χ1v) is 14.2. The third-order valence-corrected chi connectivity index (χ3v) is 7.40. The number of para-hydroxylation sites is 1. The topological polar surface area (TPSA) is 85.4 Å². The van der Waals surface area contributed by atoms with Crippen LogP contribution in [0.15, 0.2) is 60.7 Å². The lowest BCUT2D eigenvalue weighted by molar-refractivity contribution is 0.259. The SMILES string of the molecule is Cc1cccc(OCC(C)C)c1-n1nc2c(c1-c1ccc(NC(N)=O)cc1)CN(c1ccc(F)cc1C(C)C)CC2. The van der Waals surface area contributed by atoms with E-state index >= 15 is 0 Å². The van der Waals surface area contributed by atoms with Crippen molar-refractivity contribution in [3.63, 3.8) is 0 Å². The highest BCUT2D eigenvalue weighted by Gasteiger charge is 2.29. The normalized spacial score (nSPS) is 13.0. The van der Waals surface area contributed by atoms with E-state index in [1.54, 1.807) is 6.07 Å². The van der Waals surface area contributed by atoms with E-state index in [9.17, 15) is 9.18 Å². The average molecular weight is 556 g/mol. The Bertz CT molecular complexity index is 1560. The summed E-state index contributed by atoms with van der Waals surface area (Å²) in [6.07, 6.45) is 0.750. The number of amides is 2. The molecule has 8 heteroatoms. The van der Waals surface area contributed by atoms with Gasteiger partial charge in [0.1, 0.15) is 17.3 Å². The third-order valence-electron chi connectivity index (χ3n) is 7.40. The molecule has 1 aromatic heterocycles. The molecule has 0 saturated heterocycles. The summed E-state index contributed by atoms with van der Waals surface area (Å²) in [7, 11) is 0. The summed E-state index contributed by atoms with van der Waals surface area (Å²) in [5.41, 5.74) is 14.0. The summed E-state index contributed by atoms with van der Waals surface area (Å²) in [6, 6.07) is 18.2. The second-order valence-electron chi connectivity index (χ2n) is 11.4. The van der Waals surface area contributed by atoms with Crippen LogP contribution in [0.25, 0.3) is 16.9 Å². The molecule has 0 atom stereocenters. The highest BCUT2D eigenvalue weighted by molar-refractivity contribution is 5.88. The average Bonchev–Trinajstić information content (AvgIpc) is 3.30. The fraction of sp³-hybridized carbons (Fsp3) is 0.333. The van der Waals surface area contributed by atoms with Crippen LogP contribution in [0.4, 0.5) is 20.6 Å². The predicted octanol–water partition coefficient (Wildman–Crippen LogP) is 7.20. The Morgan fingerprint density at radius 3 is 2.54 bits per heavy atom. The Morgan fingerprint density at radius 2 is 1.85 bits per heavy atom. The molecule has 0 bridgehead atoms. The number of carbonyl (C=O) groups is 1. The van der Waals surface area contributed by atoms with Crippen LogP contribution in [0.3, 0.4) is 0 Å². The minimum atomic E-state index is -0.608. The van der Waals surface area contributed by atoms with Crippen LogP contribution >= 0.6 is 0 Å². The molecular weight excluding hydrogens is 517 g/mol. The fourth-order valence-corrected chi connectivity index (χ4v) is 5.44. The molecule has 0 aliphatic carbocycles. The van der Waals surface area contributed by atoms with E-state index in [-0.39, 0.29) is 11.7 Å². The lowest BCUT2D eigenvalue weighted by Crippen LogP contribution is -2.31. The van der Waals surface area contributed by atoms with Gasteiger partial charge in [-0.15, -0.1) is 0 Å². The molecule has 3 aromatic carbocycles. The number of nitrogens with one attached hydrogen (secondary N) is 1. The molecule has 7 nitrogen and oxygen atoms in total. The minimum absolute atomic E-state index is 0.183. The number of anilines is 2. The summed E-state index contributed by atoms with van der Waals surface area (Å²) in [4.78, 5) is 13.7. The lowest BCUT2D eigenvalue weighted by Gasteiger charge is -2.31. The molecule has 0 spiro atoms. The van der Waals surface area contributed by atoms with Gasteiger partial charge in [0, 0.05) is 42.0 Å². The van der Waals surface area contributed by atoms with E-state index in [1.807, 2.05) is 47.1 Å². The lowest BCUT2D eigenvalue weighted by atomic mass is 9.96. The number of aromatic nitrogens is 2. The van der Waals surface area contributed by atoms with Crippen LogP contribution < -0.4 is 20.7 Å². The molecule has 41 heavy (non-hydrogen) atoms. The summed E-state index contributed by atoms with van der Waals surface area (Å²) in [6.45, 7) is 12.5. The minimum Gasteiger partial charge on any atom is -0.491 e. The zero-order valence-electron chi connectivity index (χ0n) is 24.4. The number of nitrogens with zero attached hydrogens (tertiary/aromatic N) is 3. The number of benzene rings is 3. The fourth-order valence-electron chi connectivity index (χ4n) is 5.44. The number of primary amides is 1. The number of fused-ring (bicyclic) bond motifs is 1. The van der Waals surface area contributed by atoms with Gasteiger partial charge in [0.25, 0.3) is 0 Å². The maximum Gasteiger partial charge on any atom is 0.316 e. The van der Waals surface area contributed by atoms with Crippen LogP contribution in [-0.4, -0.2) is 29.0 Å². The van der Waals surface area contributed by atoms with Gasteiger partial charge < -0.3 is 20.7 Å². The van der Waals surface area contributed by atoms with Crippen LogP contribution in [0, 0.1) is 18.7 Å². The van der Waals surface area contributed by atoms with Crippen molar-refractivity contribution in [3.05, 3.63) is 88.9 Å². The molecule has 214 valence electrons. The van der Waals surface area contributed by atoms with Crippen molar-refractivity contribution in [2.45, 2.75) is 53.5 Å². The van der Waals surface area contributed by atoms with Gasteiger partial charge in [0.2, 0.25) is 0 Å². The maximum atomic E-state index is 14.2. The highest BCUT2D eigenvalue weighted by Crippen LogP contribution is 2.39. The Labute approximate surface area is 241 Å². The molecule has 0 fully saturated rings. The van der Waals surface area contributed by atoms with Gasteiger partial charge in [-0.3, -0.25) is 0 Å². The number of hydrogen-bond acceptors (Lipinski definition) is 4. The number of rotatable bonds is 8. The van der Waals surface area contributed by atoms with Crippen molar-refractivity contribution < 1.29 is 13.9 Å². The molecular formula is C33H38FN5O2. The van der Waals surface area contributed by atoms with Gasteiger partial charge in [-0.25, -0.2) is 13.9 Å². The van der Waals surface area contributed by atoms with Crippen molar-refractivity contribution in [1.29, 1.82) is 0 Å². The highest BCUT2D eigenvalue weighted by atomic mass is 19.1. The summed E-state index contributed by atoms with van der Waals surface area (Å²) >= 11 is 0. The Balaban J connectivity index is 1.66. The summed E-state index contributed by atoms with van der Waals surface area (Å²) < 4.78 is 22.5. The maximum absolute atomic E-state index is 14.2. The number of ether oxygens (including phenoxy) is 1. The Hall–Kier alpha value is -4.33. The molecule has 2 heterocycles. The zero-order valence-corrected chi connectivity index (χ0v) is 24.4. The number of urea groups is 1. The second-order valence-corrected chi connectivity index (χ2v) is 11.4. The molecule has 5 rings (SSSR count). The Kier molecular flexibility index (Phi) is 8.01.